The van der Waals surface area contributed by atoms with Gasteiger partial charge in [0.1, 0.15) is 3.70 Å². The van der Waals surface area contributed by atoms with Gasteiger partial charge in [-0.25, -0.2) is 4.79 Å². The molecule has 0 bridgehead atoms. The maximum absolute atomic E-state index is 10.8. The van der Waals surface area contributed by atoms with Crippen molar-refractivity contribution in [3.05, 3.63) is 54.7 Å². The molecular weight excluding hydrogens is 603 g/mol. The van der Waals surface area contributed by atoms with E-state index in [0.717, 1.165) is 24.5 Å². The van der Waals surface area contributed by atoms with Gasteiger partial charge >= 0.3 is 6.09 Å². The third kappa shape index (κ3) is 4.41. The molecule has 0 unspecified atom stereocenters. The third-order valence-corrected chi connectivity index (χ3v) is 5.83. The molecule has 146 valence electrons. The molecule has 0 saturated heterocycles. The molecule has 28 heavy (non-hydrogen) atoms. The van der Waals surface area contributed by atoms with Gasteiger partial charge in [-0.05, 0) is 59.0 Å². The van der Waals surface area contributed by atoms with Gasteiger partial charge < -0.3 is 5.11 Å². The molecular formula is C19H17Br2IN4O2. The van der Waals surface area contributed by atoms with E-state index in [-0.39, 0.29) is 5.41 Å². The number of nitrogens with one attached hydrogen (secondary N) is 1. The van der Waals surface area contributed by atoms with Crippen molar-refractivity contribution in [2.24, 2.45) is 0 Å². The van der Waals surface area contributed by atoms with E-state index in [1.807, 2.05) is 40.8 Å². The molecule has 0 amide bonds. The van der Waals surface area contributed by atoms with E-state index in [0.29, 0.717) is 9.22 Å². The van der Waals surface area contributed by atoms with Gasteiger partial charge in [0, 0.05) is 30.8 Å². The second kappa shape index (κ2) is 8.11. The molecule has 9 heteroatoms. The lowest BCUT2D eigenvalue weighted by Crippen LogP contribution is -2.11. The van der Waals surface area contributed by atoms with Gasteiger partial charge in [0.25, 0.3) is 0 Å². The Morgan fingerprint density at radius 2 is 1.71 bits per heavy atom. The molecule has 0 saturated carbocycles. The fourth-order valence-corrected chi connectivity index (χ4v) is 4.12. The lowest BCUT2D eigenvalue weighted by atomic mass is 9.90. The maximum atomic E-state index is 10.8. The fourth-order valence-electron chi connectivity index (χ4n) is 2.75. The van der Waals surface area contributed by atoms with Gasteiger partial charge in [-0.2, -0.15) is 14.9 Å². The van der Waals surface area contributed by atoms with Gasteiger partial charge in [0.05, 0.1) is 11.0 Å². The number of hydrogen-bond donors (Lipinski definition) is 2. The molecule has 0 atom stereocenters. The van der Waals surface area contributed by atoms with Gasteiger partial charge in [0.2, 0.25) is 0 Å². The number of H-pyrrole nitrogens is 1. The molecule has 2 aromatic heterocycles. The van der Waals surface area contributed by atoms with Crippen LogP contribution in [0.5, 0.6) is 0 Å². The monoisotopic (exact) mass is 618 g/mol. The minimum atomic E-state index is -1.07. The molecule has 0 fully saturated rings. The summed E-state index contributed by atoms with van der Waals surface area (Å²) < 4.78 is 3.66. The molecule has 2 heterocycles. The highest BCUT2D eigenvalue weighted by atomic mass is 127. The Hall–Kier alpha value is -1.46. The zero-order chi connectivity index (χ0) is 20.6. The number of rotatable bonds is 0. The smallest absolute Gasteiger partial charge is 0.432 e. The number of hydrogen-bond acceptors (Lipinski definition) is 3. The Morgan fingerprint density at radius 1 is 1.11 bits per heavy atom. The van der Waals surface area contributed by atoms with Gasteiger partial charge in [0.15, 0.2) is 0 Å². The molecule has 0 spiro atoms. The fraction of sp³-hybridized carbons (Fsp3) is 0.211. The summed E-state index contributed by atoms with van der Waals surface area (Å²) in [6.07, 6.45) is -1.07. The van der Waals surface area contributed by atoms with Crippen LogP contribution in [0.1, 0.15) is 26.5 Å². The first-order valence-corrected chi connectivity index (χ1v) is 11.0. The number of aromatic amines is 1. The summed E-state index contributed by atoms with van der Waals surface area (Å²) in [5.74, 6) is 0. The number of nitrogens with zero attached hydrogens (tertiary/aromatic N) is 3. The number of benzene rings is 2. The Morgan fingerprint density at radius 3 is 2.32 bits per heavy atom. The lowest BCUT2D eigenvalue weighted by Gasteiger charge is -2.16. The number of carboxylic acid groups (broad SMARTS) is 1. The number of carbonyl (C=O) groups is 1. The summed E-state index contributed by atoms with van der Waals surface area (Å²) in [5, 5.41) is 22.2. The highest BCUT2D eigenvalue weighted by molar-refractivity contribution is 14.1. The SMILES string of the molecule is CC(C)(C)c1[nH]nc2ccc(Br)cc12.O=C(O)n1nc(I)c2cc(Br)ccc21. The normalized spacial score (nSPS) is 11.5. The van der Waals surface area contributed by atoms with Crippen LogP contribution in [0.25, 0.3) is 21.8 Å². The lowest BCUT2D eigenvalue weighted by molar-refractivity contribution is 0.194. The molecule has 0 radical (unpaired) electrons. The van der Waals surface area contributed by atoms with Crippen molar-refractivity contribution in [3.63, 3.8) is 0 Å². The molecule has 6 nitrogen and oxygen atoms in total. The second-order valence-electron chi connectivity index (χ2n) is 7.16. The van der Waals surface area contributed by atoms with Crippen LogP contribution >= 0.6 is 54.5 Å². The number of fused-ring (bicyclic) bond motifs is 2. The molecule has 4 rings (SSSR count). The van der Waals surface area contributed by atoms with Crippen molar-refractivity contribution in [1.29, 1.82) is 0 Å². The molecule has 2 N–H and O–H groups in total. The molecule has 0 aliphatic heterocycles. The van der Waals surface area contributed by atoms with Crippen molar-refractivity contribution in [3.8, 4) is 0 Å². The van der Waals surface area contributed by atoms with Crippen LogP contribution < -0.4 is 0 Å². The van der Waals surface area contributed by atoms with E-state index in [1.54, 1.807) is 12.1 Å². The first kappa shape index (κ1) is 21.3. The van der Waals surface area contributed by atoms with Crippen LogP contribution in [0, 0.1) is 3.70 Å². The average Bonchev–Trinajstić information content (AvgIpc) is 3.16. The first-order valence-electron chi connectivity index (χ1n) is 8.29. The Kier molecular flexibility index (Phi) is 6.16. The minimum Gasteiger partial charge on any atom is -0.463 e. The van der Waals surface area contributed by atoms with Crippen molar-refractivity contribution >= 4 is 82.3 Å². The molecule has 0 aliphatic carbocycles. The molecule has 4 aromatic rings. The van der Waals surface area contributed by atoms with Crippen molar-refractivity contribution < 1.29 is 9.90 Å². The quantitative estimate of drug-likeness (QED) is 0.219. The van der Waals surface area contributed by atoms with E-state index >= 15 is 0 Å². The zero-order valence-corrected chi connectivity index (χ0v) is 20.6. The topological polar surface area (TPSA) is 83.8 Å². The largest absolute Gasteiger partial charge is 0.463 e. The van der Waals surface area contributed by atoms with E-state index in [2.05, 4.69) is 74.0 Å². The summed E-state index contributed by atoms with van der Waals surface area (Å²) in [5.41, 5.74) is 2.92. The summed E-state index contributed by atoms with van der Waals surface area (Å²) >= 11 is 8.81. The molecule has 0 aliphatic rings. The van der Waals surface area contributed by atoms with Crippen LogP contribution in [0.3, 0.4) is 0 Å². The Bertz CT molecular complexity index is 1180. The van der Waals surface area contributed by atoms with E-state index in [4.69, 9.17) is 5.11 Å². The van der Waals surface area contributed by atoms with Crippen LogP contribution in [-0.2, 0) is 5.41 Å². The maximum Gasteiger partial charge on any atom is 0.432 e. The van der Waals surface area contributed by atoms with Gasteiger partial charge in [-0.1, -0.05) is 52.6 Å². The van der Waals surface area contributed by atoms with Crippen molar-refractivity contribution in [2.45, 2.75) is 26.2 Å². The summed E-state index contributed by atoms with van der Waals surface area (Å²) in [7, 11) is 0. The van der Waals surface area contributed by atoms with Crippen molar-refractivity contribution in [1.82, 2.24) is 20.0 Å². The Balaban J connectivity index is 0.000000161. The summed E-state index contributed by atoms with van der Waals surface area (Å²) in [6, 6.07) is 11.5. The van der Waals surface area contributed by atoms with Crippen LogP contribution in [0.15, 0.2) is 45.3 Å². The zero-order valence-electron chi connectivity index (χ0n) is 15.3. The molecule has 2 aromatic carbocycles. The standard InChI is InChI=1S/C11H13BrN2.C8H4BrIN2O2/c1-11(2,3)10-8-6-7(12)4-5-9(8)13-14-10;9-4-1-2-6-5(3-4)7(10)11-12(6)8(13)14/h4-6H,1-3H3,(H,13,14);1-3H,(H,13,14). The predicted molar refractivity (Wildman–Crippen MR) is 126 cm³/mol. The first-order chi connectivity index (χ1) is 13.1. The third-order valence-electron chi connectivity index (χ3n) is 4.04. The average molecular weight is 620 g/mol. The minimum absolute atomic E-state index is 0.107. The van der Waals surface area contributed by atoms with Crippen LogP contribution in [0.2, 0.25) is 0 Å². The second-order valence-corrected chi connectivity index (χ2v) is 10.0. The highest BCUT2D eigenvalue weighted by Crippen LogP contribution is 2.29. The highest BCUT2D eigenvalue weighted by Gasteiger charge is 2.19. The van der Waals surface area contributed by atoms with Gasteiger partial charge in [-0.15, -0.1) is 0 Å². The van der Waals surface area contributed by atoms with E-state index < -0.39 is 6.09 Å². The summed E-state index contributed by atoms with van der Waals surface area (Å²) in [6.45, 7) is 6.54. The van der Waals surface area contributed by atoms with Gasteiger partial charge in [-0.3, -0.25) is 5.10 Å². The van der Waals surface area contributed by atoms with Crippen LogP contribution in [0.4, 0.5) is 4.79 Å². The summed E-state index contributed by atoms with van der Waals surface area (Å²) in [4.78, 5) is 10.8. The van der Waals surface area contributed by atoms with E-state index in [9.17, 15) is 4.79 Å². The number of halogens is 3. The Labute approximate surface area is 192 Å². The van der Waals surface area contributed by atoms with Crippen LogP contribution in [-0.4, -0.2) is 31.2 Å². The van der Waals surface area contributed by atoms with Crippen molar-refractivity contribution in [2.75, 3.05) is 0 Å². The number of aromatic nitrogens is 4. The predicted octanol–water partition coefficient (Wildman–Crippen LogP) is 6.55. The van der Waals surface area contributed by atoms with E-state index in [1.165, 1.54) is 11.1 Å².